The Labute approximate surface area is 117 Å². The summed E-state index contributed by atoms with van der Waals surface area (Å²) < 4.78 is 5.89. The van der Waals surface area contributed by atoms with Crippen molar-refractivity contribution in [1.29, 1.82) is 0 Å². The van der Waals surface area contributed by atoms with Crippen LogP contribution in [0.2, 0.25) is 0 Å². The zero-order chi connectivity index (χ0) is 13.1. The van der Waals surface area contributed by atoms with E-state index in [0.717, 1.165) is 23.0 Å². The second-order valence-corrected chi connectivity index (χ2v) is 5.97. The molecule has 1 aromatic carbocycles. The molecule has 1 aliphatic carbocycles. The van der Waals surface area contributed by atoms with Gasteiger partial charge in [0.1, 0.15) is 12.4 Å². The quantitative estimate of drug-likeness (QED) is 0.877. The molecule has 0 spiro atoms. The molecule has 0 amide bonds. The molecule has 4 heteroatoms. The lowest BCUT2D eigenvalue weighted by Crippen LogP contribution is -2.16. The molecule has 1 aromatic heterocycles. The first-order valence-electron chi connectivity index (χ1n) is 6.66. The first-order chi connectivity index (χ1) is 9.31. The number of nitrogens with one attached hydrogen (secondary N) is 1. The topological polar surface area (TPSA) is 34.1 Å². The van der Waals surface area contributed by atoms with Crippen molar-refractivity contribution in [2.24, 2.45) is 0 Å². The lowest BCUT2D eigenvalue weighted by atomic mass is 10.2. The smallest absolute Gasteiger partial charge is 0.131 e. The third kappa shape index (κ3) is 3.55. The Balaban J connectivity index is 1.62. The molecule has 0 unspecified atom stereocenters. The number of benzene rings is 1. The van der Waals surface area contributed by atoms with E-state index in [9.17, 15) is 0 Å². The highest BCUT2D eigenvalue weighted by atomic mass is 32.1. The highest BCUT2D eigenvalue weighted by Gasteiger charge is 2.20. The lowest BCUT2D eigenvalue weighted by Gasteiger charge is -2.11. The van der Waals surface area contributed by atoms with Gasteiger partial charge >= 0.3 is 0 Å². The zero-order valence-corrected chi connectivity index (χ0v) is 11.9. The standard InChI is InChI=1S/C15H18N2OS/c1-11-17-14(10-19-11)9-18-15-5-3-2-4-12(15)8-16-13-6-7-13/h2-5,10,13,16H,6-9H2,1H3. The average molecular weight is 274 g/mol. The fourth-order valence-electron chi connectivity index (χ4n) is 1.96. The van der Waals surface area contributed by atoms with Gasteiger partial charge in [-0.05, 0) is 25.8 Å². The number of rotatable bonds is 6. The normalized spacial score (nSPS) is 14.6. The number of thiazole rings is 1. The summed E-state index contributed by atoms with van der Waals surface area (Å²) in [4.78, 5) is 4.42. The number of nitrogens with zero attached hydrogens (tertiary/aromatic N) is 1. The molecule has 1 N–H and O–H groups in total. The molecule has 1 saturated carbocycles. The fourth-order valence-corrected chi connectivity index (χ4v) is 2.56. The van der Waals surface area contributed by atoms with Crippen LogP contribution in [0.25, 0.3) is 0 Å². The van der Waals surface area contributed by atoms with Crippen LogP contribution in [0, 0.1) is 6.92 Å². The van der Waals surface area contributed by atoms with Gasteiger partial charge in [-0.15, -0.1) is 11.3 Å². The highest BCUT2D eigenvalue weighted by molar-refractivity contribution is 7.09. The molecule has 0 atom stereocenters. The Morgan fingerprint density at radius 2 is 2.21 bits per heavy atom. The number of aryl methyl sites for hydroxylation is 1. The van der Waals surface area contributed by atoms with Crippen LogP contribution in [0.4, 0.5) is 0 Å². The van der Waals surface area contributed by atoms with E-state index < -0.39 is 0 Å². The van der Waals surface area contributed by atoms with E-state index in [-0.39, 0.29) is 0 Å². The lowest BCUT2D eigenvalue weighted by molar-refractivity contribution is 0.298. The predicted octanol–water partition coefficient (Wildman–Crippen LogP) is 3.28. The molecule has 0 bridgehead atoms. The molecule has 1 heterocycles. The van der Waals surface area contributed by atoms with Gasteiger partial charge in [-0.1, -0.05) is 18.2 Å². The van der Waals surface area contributed by atoms with Crippen LogP contribution in [0.1, 0.15) is 29.1 Å². The van der Waals surface area contributed by atoms with Crippen molar-refractivity contribution in [2.45, 2.75) is 39.0 Å². The number of hydrogen-bond donors (Lipinski definition) is 1. The van der Waals surface area contributed by atoms with E-state index in [0.29, 0.717) is 12.6 Å². The number of para-hydroxylation sites is 1. The number of aromatic nitrogens is 1. The van der Waals surface area contributed by atoms with Crippen LogP contribution in [-0.4, -0.2) is 11.0 Å². The number of hydrogen-bond acceptors (Lipinski definition) is 4. The Kier molecular flexibility index (Phi) is 3.80. The van der Waals surface area contributed by atoms with E-state index in [2.05, 4.69) is 27.8 Å². The van der Waals surface area contributed by atoms with Crippen LogP contribution in [-0.2, 0) is 13.2 Å². The van der Waals surface area contributed by atoms with Gasteiger partial charge in [0.2, 0.25) is 0 Å². The minimum atomic E-state index is 0.546. The van der Waals surface area contributed by atoms with Crippen LogP contribution < -0.4 is 10.1 Å². The Morgan fingerprint density at radius 1 is 1.37 bits per heavy atom. The summed E-state index contributed by atoms with van der Waals surface area (Å²) in [5.41, 5.74) is 2.23. The van der Waals surface area contributed by atoms with E-state index in [1.165, 1.54) is 18.4 Å². The predicted molar refractivity (Wildman–Crippen MR) is 77.5 cm³/mol. The van der Waals surface area contributed by atoms with E-state index in [1.807, 2.05) is 19.1 Å². The summed E-state index contributed by atoms with van der Waals surface area (Å²) in [6.45, 7) is 3.45. The largest absolute Gasteiger partial charge is 0.487 e. The molecule has 2 aromatic rings. The molecule has 1 aliphatic rings. The molecule has 3 nitrogen and oxygen atoms in total. The summed E-state index contributed by atoms with van der Waals surface area (Å²) in [5.74, 6) is 0.960. The van der Waals surface area contributed by atoms with Gasteiger partial charge in [-0.25, -0.2) is 4.98 Å². The molecule has 100 valence electrons. The second kappa shape index (κ2) is 5.72. The third-order valence-electron chi connectivity index (χ3n) is 3.17. The maximum absolute atomic E-state index is 5.89. The number of ether oxygens (including phenoxy) is 1. The first kappa shape index (κ1) is 12.6. The monoisotopic (exact) mass is 274 g/mol. The maximum Gasteiger partial charge on any atom is 0.131 e. The maximum atomic E-state index is 5.89. The van der Waals surface area contributed by atoms with Gasteiger partial charge in [0.15, 0.2) is 0 Å². The minimum Gasteiger partial charge on any atom is -0.487 e. The van der Waals surface area contributed by atoms with Crippen LogP contribution in [0.5, 0.6) is 5.75 Å². The van der Waals surface area contributed by atoms with Crippen molar-refractivity contribution in [3.63, 3.8) is 0 Å². The van der Waals surface area contributed by atoms with Gasteiger partial charge in [0.25, 0.3) is 0 Å². The van der Waals surface area contributed by atoms with Crippen molar-refractivity contribution in [1.82, 2.24) is 10.3 Å². The van der Waals surface area contributed by atoms with Crippen molar-refractivity contribution in [3.05, 3.63) is 45.9 Å². The first-order valence-corrected chi connectivity index (χ1v) is 7.54. The fraction of sp³-hybridized carbons (Fsp3) is 0.400. The molecule has 0 saturated heterocycles. The van der Waals surface area contributed by atoms with Gasteiger partial charge in [0, 0.05) is 23.5 Å². The van der Waals surface area contributed by atoms with Crippen molar-refractivity contribution < 1.29 is 4.74 Å². The van der Waals surface area contributed by atoms with E-state index >= 15 is 0 Å². The van der Waals surface area contributed by atoms with Gasteiger partial charge in [-0.2, -0.15) is 0 Å². The molecular formula is C15H18N2OS. The van der Waals surface area contributed by atoms with Gasteiger partial charge in [-0.3, -0.25) is 0 Å². The average Bonchev–Trinajstić information content (AvgIpc) is 3.17. The summed E-state index contributed by atoms with van der Waals surface area (Å²) in [6.07, 6.45) is 2.61. The molecule has 1 fully saturated rings. The molecule has 0 aliphatic heterocycles. The van der Waals surface area contributed by atoms with Crippen LogP contribution in [0.3, 0.4) is 0 Å². The zero-order valence-electron chi connectivity index (χ0n) is 11.1. The van der Waals surface area contributed by atoms with E-state index in [4.69, 9.17) is 4.74 Å². The molecular weight excluding hydrogens is 256 g/mol. The van der Waals surface area contributed by atoms with Gasteiger partial charge < -0.3 is 10.1 Å². The SMILES string of the molecule is Cc1nc(COc2ccccc2CNC2CC2)cs1. The van der Waals surface area contributed by atoms with Crippen LogP contribution in [0.15, 0.2) is 29.6 Å². The molecule has 0 radical (unpaired) electrons. The minimum absolute atomic E-state index is 0.546. The summed E-state index contributed by atoms with van der Waals surface area (Å²) in [5, 5.41) is 6.66. The van der Waals surface area contributed by atoms with Crippen molar-refractivity contribution in [3.8, 4) is 5.75 Å². The Morgan fingerprint density at radius 3 is 2.95 bits per heavy atom. The summed E-state index contributed by atoms with van der Waals surface area (Å²) in [7, 11) is 0. The van der Waals surface area contributed by atoms with Gasteiger partial charge in [0.05, 0.1) is 10.7 Å². The Bertz CT molecular complexity index is 549. The van der Waals surface area contributed by atoms with Crippen molar-refractivity contribution in [2.75, 3.05) is 0 Å². The van der Waals surface area contributed by atoms with Crippen molar-refractivity contribution >= 4 is 11.3 Å². The van der Waals surface area contributed by atoms with E-state index in [1.54, 1.807) is 11.3 Å². The second-order valence-electron chi connectivity index (χ2n) is 4.91. The Hall–Kier alpha value is -1.39. The molecule has 19 heavy (non-hydrogen) atoms. The summed E-state index contributed by atoms with van der Waals surface area (Å²) >= 11 is 1.66. The summed E-state index contributed by atoms with van der Waals surface area (Å²) in [6, 6.07) is 8.95. The highest BCUT2D eigenvalue weighted by Crippen LogP contribution is 2.23. The van der Waals surface area contributed by atoms with Crippen LogP contribution >= 0.6 is 11.3 Å². The third-order valence-corrected chi connectivity index (χ3v) is 4.00. The molecule has 3 rings (SSSR count).